The summed E-state index contributed by atoms with van der Waals surface area (Å²) in [6, 6.07) is 8.01. The minimum Gasteiger partial charge on any atom is -0.343 e. The average molecular weight is 393 g/mol. The van der Waals surface area contributed by atoms with E-state index in [9.17, 15) is 14.0 Å². The van der Waals surface area contributed by atoms with Gasteiger partial charge in [-0.3, -0.25) is 9.59 Å². The Morgan fingerprint density at radius 2 is 1.71 bits per heavy atom. The molecule has 0 aliphatic rings. The van der Waals surface area contributed by atoms with E-state index >= 15 is 0 Å². The lowest BCUT2D eigenvalue weighted by Gasteiger charge is -2.13. The van der Waals surface area contributed by atoms with Crippen molar-refractivity contribution in [3.05, 3.63) is 62.9 Å². The third-order valence-corrected chi connectivity index (χ3v) is 4.02. The molecule has 2 amide bonds. The fraction of sp³-hybridized carbons (Fsp3) is 0.222. The van der Waals surface area contributed by atoms with E-state index in [1.54, 1.807) is 0 Å². The summed E-state index contributed by atoms with van der Waals surface area (Å²) in [5.41, 5.74) is 3.63. The number of halogens is 2. The summed E-state index contributed by atoms with van der Waals surface area (Å²) in [6.45, 7) is 5.56. The second-order valence-corrected chi connectivity index (χ2v) is 6.54. The van der Waals surface area contributed by atoms with Crippen LogP contribution in [0, 0.1) is 26.6 Å². The number of aryl methyl sites for hydroxylation is 3. The smallest absolute Gasteiger partial charge is 0.254 e. The van der Waals surface area contributed by atoms with Crippen molar-refractivity contribution >= 4 is 33.4 Å². The van der Waals surface area contributed by atoms with Crippen molar-refractivity contribution in [3.63, 3.8) is 0 Å². The van der Waals surface area contributed by atoms with Crippen molar-refractivity contribution in [2.45, 2.75) is 20.8 Å². The number of anilines is 1. The van der Waals surface area contributed by atoms with Crippen LogP contribution in [0.25, 0.3) is 0 Å². The fourth-order valence-corrected chi connectivity index (χ4v) is 2.85. The van der Waals surface area contributed by atoms with Crippen LogP contribution in [-0.4, -0.2) is 18.4 Å². The minimum atomic E-state index is -0.638. The Kier molecular flexibility index (Phi) is 5.72. The van der Waals surface area contributed by atoms with E-state index in [4.69, 9.17) is 0 Å². The van der Waals surface area contributed by atoms with Crippen LogP contribution in [0.4, 0.5) is 10.1 Å². The topological polar surface area (TPSA) is 58.2 Å². The molecule has 126 valence electrons. The molecular weight excluding hydrogens is 375 g/mol. The minimum absolute atomic E-state index is 0.111. The highest BCUT2D eigenvalue weighted by atomic mass is 79.9. The zero-order valence-corrected chi connectivity index (χ0v) is 15.3. The van der Waals surface area contributed by atoms with E-state index in [0.29, 0.717) is 4.47 Å². The van der Waals surface area contributed by atoms with Crippen molar-refractivity contribution in [2.24, 2.45) is 0 Å². The molecule has 0 aliphatic carbocycles. The number of carbonyl (C=O) groups is 2. The summed E-state index contributed by atoms with van der Waals surface area (Å²) in [7, 11) is 0. The predicted molar refractivity (Wildman–Crippen MR) is 95.7 cm³/mol. The van der Waals surface area contributed by atoms with Crippen LogP contribution in [0.3, 0.4) is 0 Å². The number of hydrogen-bond acceptors (Lipinski definition) is 2. The first-order valence-corrected chi connectivity index (χ1v) is 8.18. The molecule has 0 saturated heterocycles. The summed E-state index contributed by atoms with van der Waals surface area (Å²) < 4.78 is 14.2. The molecule has 0 saturated carbocycles. The molecule has 0 radical (unpaired) electrons. The number of amides is 2. The second kappa shape index (κ2) is 7.57. The lowest BCUT2D eigenvalue weighted by atomic mass is 10.1. The van der Waals surface area contributed by atoms with Crippen molar-refractivity contribution in [1.29, 1.82) is 0 Å². The molecule has 0 fully saturated rings. The van der Waals surface area contributed by atoms with Gasteiger partial charge in [-0.2, -0.15) is 0 Å². The van der Waals surface area contributed by atoms with Gasteiger partial charge < -0.3 is 10.6 Å². The molecule has 0 spiro atoms. The molecule has 0 aliphatic heterocycles. The van der Waals surface area contributed by atoms with Gasteiger partial charge in [0.1, 0.15) is 5.82 Å². The number of nitrogens with one attached hydrogen (secondary N) is 2. The molecule has 2 rings (SSSR count). The zero-order valence-electron chi connectivity index (χ0n) is 13.7. The maximum Gasteiger partial charge on any atom is 0.254 e. The zero-order chi connectivity index (χ0) is 17.9. The summed E-state index contributed by atoms with van der Waals surface area (Å²) in [4.78, 5) is 24.1. The molecule has 6 heteroatoms. The van der Waals surface area contributed by atoms with E-state index < -0.39 is 11.7 Å². The third kappa shape index (κ3) is 4.41. The average Bonchev–Trinajstić information content (AvgIpc) is 2.50. The first kappa shape index (κ1) is 18.1. The van der Waals surface area contributed by atoms with Crippen LogP contribution in [0.1, 0.15) is 27.0 Å². The molecule has 4 nitrogen and oxygen atoms in total. The van der Waals surface area contributed by atoms with Crippen molar-refractivity contribution in [2.75, 3.05) is 11.9 Å². The number of hydrogen-bond donors (Lipinski definition) is 2. The van der Waals surface area contributed by atoms with Gasteiger partial charge in [0.15, 0.2) is 0 Å². The number of benzene rings is 2. The Bertz CT molecular complexity index is 783. The highest BCUT2D eigenvalue weighted by Crippen LogP contribution is 2.21. The van der Waals surface area contributed by atoms with Crippen molar-refractivity contribution < 1.29 is 14.0 Å². The highest BCUT2D eigenvalue weighted by Gasteiger charge is 2.14. The first-order chi connectivity index (χ1) is 11.3. The van der Waals surface area contributed by atoms with Gasteiger partial charge in [-0.15, -0.1) is 0 Å². The molecular formula is C18H18BrFN2O2. The lowest BCUT2D eigenvalue weighted by Crippen LogP contribution is -2.33. The van der Waals surface area contributed by atoms with Crippen LogP contribution < -0.4 is 10.6 Å². The van der Waals surface area contributed by atoms with Gasteiger partial charge >= 0.3 is 0 Å². The monoisotopic (exact) mass is 392 g/mol. The Morgan fingerprint density at radius 3 is 2.33 bits per heavy atom. The predicted octanol–water partition coefficient (Wildman–Crippen LogP) is 3.88. The van der Waals surface area contributed by atoms with E-state index in [1.807, 2.05) is 32.9 Å². The van der Waals surface area contributed by atoms with Gasteiger partial charge in [0.05, 0.1) is 12.1 Å². The standard InChI is InChI=1S/C18H18BrFN2O2/c1-10-6-11(2)17(12(3)7-10)22-16(23)9-21-18(24)14-8-13(19)4-5-15(14)20/h4-8H,9H2,1-3H3,(H,21,24)(H,22,23). The van der Waals surface area contributed by atoms with Crippen molar-refractivity contribution in [1.82, 2.24) is 5.32 Å². The lowest BCUT2D eigenvalue weighted by molar-refractivity contribution is -0.115. The summed E-state index contributed by atoms with van der Waals surface area (Å²) >= 11 is 3.18. The van der Waals surface area contributed by atoms with E-state index in [-0.39, 0.29) is 18.0 Å². The van der Waals surface area contributed by atoms with Gasteiger partial charge in [0.25, 0.3) is 5.91 Å². The maximum atomic E-state index is 13.7. The van der Waals surface area contributed by atoms with Gasteiger partial charge in [-0.25, -0.2) is 4.39 Å². The second-order valence-electron chi connectivity index (χ2n) is 5.63. The van der Waals surface area contributed by atoms with Crippen LogP contribution in [0.15, 0.2) is 34.8 Å². The third-order valence-electron chi connectivity index (χ3n) is 3.52. The summed E-state index contributed by atoms with van der Waals surface area (Å²) in [5.74, 6) is -1.64. The molecule has 0 unspecified atom stereocenters. The van der Waals surface area contributed by atoms with Crippen LogP contribution in [0.5, 0.6) is 0 Å². The maximum absolute atomic E-state index is 13.7. The SMILES string of the molecule is Cc1cc(C)c(NC(=O)CNC(=O)c2cc(Br)ccc2F)c(C)c1. The Morgan fingerprint density at radius 1 is 1.08 bits per heavy atom. The quantitative estimate of drug-likeness (QED) is 0.829. The van der Waals surface area contributed by atoms with E-state index in [1.165, 1.54) is 18.2 Å². The van der Waals surface area contributed by atoms with E-state index in [2.05, 4.69) is 26.6 Å². The Labute approximate surface area is 148 Å². The van der Waals surface area contributed by atoms with Crippen LogP contribution in [0.2, 0.25) is 0 Å². The molecule has 2 aromatic carbocycles. The van der Waals surface area contributed by atoms with Crippen LogP contribution in [-0.2, 0) is 4.79 Å². The van der Waals surface area contributed by atoms with Gasteiger partial charge in [-0.05, 0) is 50.1 Å². The number of rotatable bonds is 4. The number of carbonyl (C=O) groups excluding carboxylic acids is 2. The molecule has 0 heterocycles. The fourth-order valence-electron chi connectivity index (χ4n) is 2.49. The summed E-state index contributed by atoms with van der Waals surface area (Å²) in [6.07, 6.45) is 0. The van der Waals surface area contributed by atoms with Gasteiger partial charge in [0.2, 0.25) is 5.91 Å². The van der Waals surface area contributed by atoms with E-state index in [0.717, 1.165) is 22.4 Å². The Balaban J connectivity index is 2.01. The normalized spacial score (nSPS) is 10.4. The molecule has 2 aromatic rings. The Hall–Kier alpha value is -2.21. The van der Waals surface area contributed by atoms with Gasteiger partial charge in [-0.1, -0.05) is 33.6 Å². The molecule has 0 aromatic heterocycles. The van der Waals surface area contributed by atoms with Crippen molar-refractivity contribution in [3.8, 4) is 0 Å². The summed E-state index contributed by atoms with van der Waals surface area (Å²) in [5, 5.41) is 5.21. The first-order valence-electron chi connectivity index (χ1n) is 7.39. The highest BCUT2D eigenvalue weighted by molar-refractivity contribution is 9.10. The molecule has 2 N–H and O–H groups in total. The molecule has 0 bridgehead atoms. The van der Waals surface area contributed by atoms with Crippen LogP contribution >= 0.6 is 15.9 Å². The van der Waals surface area contributed by atoms with Gasteiger partial charge in [0, 0.05) is 10.2 Å². The molecule has 0 atom stereocenters. The molecule has 24 heavy (non-hydrogen) atoms. The largest absolute Gasteiger partial charge is 0.343 e.